The van der Waals surface area contributed by atoms with Crippen molar-refractivity contribution in [1.29, 1.82) is 0 Å². The third kappa shape index (κ3) is 2.92. The maximum atomic E-state index is 10.6. The number of nitrogen functional groups attached to an aromatic ring is 1. The first-order chi connectivity index (χ1) is 7.04. The number of rotatable bonds is 4. The Kier molecular flexibility index (Phi) is 3.62. The van der Waals surface area contributed by atoms with E-state index in [1.54, 1.807) is 6.07 Å². The number of benzene rings is 1. The van der Waals surface area contributed by atoms with Gasteiger partial charge in [0.2, 0.25) is 0 Å². The fourth-order valence-electron chi connectivity index (χ4n) is 1.25. The van der Waals surface area contributed by atoms with E-state index in [1.165, 1.54) is 12.1 Å². The molecule has 0 saturated heterocycles. The van der Waals surface area contributed by atoms with E-state index in [0.29, 0.717) is 12.2 Å². The van der Waals surface area contributed by atoms with Crippen molar-refractivity contribution >= 4 is 11.4 Å². The van der Waals surface area contributed by atoms with E-state index in [9.17, 15) is 10.1 Å². The summed E-state index contributed by atoms with van der Waals surface area (Å²) in [5, 5.41) is 10.6. The molecule has 5 nitrogen and oxygen atoms in total. The lowest BCUT2D eigenvalue weighted by Crippen LogP contribution is -2.17. The number of hydrogen-bond donors (Lipinski definition) is 1. The summed E-state index contributed by atoms with van der Waals surface area (Å²) in [7, 11) is 1.94. The molecule has 0 fully saturated rings. The van der Waals surface area contributed by atoms with Crippen LogP contribution in [0.25, 0.3) is 0 Å². The SMILES string of the molecule is CCN(C)Cc1cc([N+](=O)[O-])ccc1N. The van der Waals surface area contributed by atoms with Crippen molar-refractivity contribution < 1.29 is 4.92 Å². The first-order valence-electron chi connectivity index (χ1n) is 4.76. The molecule has 15 heavy (non-hydrogen) atoms. The van der Waals surface area contributed by atoms with Crippen LogP contribution in [0.1, 0.15) is 12.5 Å². The summed E-state index contributed by atoms with van der Waals surface area (Å²) in [6, 6.07) is 4.53. The molecule has 1 aromatic carbocycles. The molecule has 0 aliphatic carbocycles. The number of hydrogen-bond acceptors (Lipinski definition) is 4. The second kappa shape index (κ2) is 4.75. The van der Waals surface area contributed by atoms with E-state index in [-0.39, 0.29) is 5.69 Å². The normalized spacial score (nSPS) is 10.6. The van der Waals surface area contributed by atoms with Crippen molar-refractivity contribution in [1.82, 2.24) is 4.90 Å². The van der Waals surface area contributed by atoms with Crippen molar-refractivity contribution in [3.8, 4) is 0 Å². The Balaban J connectivity index is 2.95. The van der Waals surface area contributed by atoms with Crippen LogP contribution < -0.4 is 5.73 Å². The zero-order valence-corrected chi connectivity index (χ0v) is 8.93. The number of non-ortho nitro benzene ring substituents is 1. The van der Waals surface area contributed by atoms with Gasteiger partial charge in [-0.2, -0.15) is 0 Å². The van der Waals surface area contributed by atoms with Crippen LogP contribution in [0.3, 0.4) is 0 Å². The predicted molar refractivity (Wildman–Crippen MR) is 59.5 cm³/mol. The summed E-state index contributed by atoms with van der Waals surface area (Å²) in [6.07, 6.45) is 0. The van der Waals surface area contributed by atoms with Gasteiger partial charge in [-0.3, -0.25) is 10.1 Å². The van der Waals surface area contributed by atoms with Crippen molar-refractivity contribution in [2.75, 3.05) is 19.3 Å². The topological polar surface area (TPSA) is 72.4 Å². The van der Waals surface area contributed by atoms with Crippen LogP contribution in [0.4, 0.5) is 11.4 Å². The van der Waals surface area contributed by atoms with E-state index in [0.717, 1.165) is 12.1 Å². The average molecular weight is 209 g/mol. The molecule has 0 aliphatic rings. The van der Waals surface area contributed by atoms with Crippen molar-refractivity contribution in [2.24, 2.45) is 0 Å². The lowest BCUT2D eigenvalue weighted by atomic mass is 10.1. The quantitative estimate of drug-likeness (QED) is 0.464. The molecule has 1 rings (SSSR count). The summed E-state index contributed by atoms with van der Waals surface area (Å²) < 4.78 is 0. The van der Waals surface area contributed by atoms with Crippen molar-refractivity contribution in [2.45, 2.75) is 13.5 Å². The highest BCUT2D eigenvalue weighted by molar-refractivity contribution is 5.52. The number of nitrogens with two attached hydrogens (primary N) is 1. The Morgan fingerprint density at radius 2 is 2.20 bits per heavy atom. The summed E-state index contributed by atoms with van der Waals surface area (Å²) >= 11 is 0. The maximum Gasteiger partial charge on any atom is 0.269 e. The van der Waals surface area contributed by atoms with Crippen LogP contribution >= 0.6 is 0 Å². The largest absolute Gasteiger partial charge is 0.398 e. The molecular weight excluding hydrogens is 194 g/mol. The lowest BCUT2D eigenvalue weighted by molar-refractivity contribution is -0.384. The molecule has 0 heterocycles. The molecule has 0 unspecified atom stereocenters. The van der Waals surface area contributed by atoms with Gasteiger partial charge in [0.05, 0.1) is 4.92 Å². The van der Waals surface area contributed by atoms with Crippen LogP contribution in [0.15, 0.2) is 18.2 Å². The molecule has 0 saturated carbocycles. The molecule has 0 aromatic heterocycles. The minimum Gasteiger partial charge on any atom is -0.398 e. The highest BCUT2D eigenvalue weighted by Crippen LogP contribution is 2.20. The van der Waals surface area contributed by atoms with Gasteiger partial charge in [0.25, 0.3) is 5.69 Å². The van der Waals surface area contributed by atoms with Gasteiger partial charge < -0.3 is 10.6 Å². The molecule has 0 aliphatic heterocycles. The Morgan fingerprint density at radius 1 is 1.53 bits per heavy atom. The molecule has 0 bridgehead atoms. The summed E-state index contributed by atoms with van der Waals surface area (Å²) in [5.41, 5.74) is 7.23. The number of anilines is 1. The summed E-state index contributed by atoms with van der Waals surface area (Å²) in [4.78, 5) is 12.2. The Hall–Kier alpha value is -1.62. The standard InChI is InChI=1S/C10H15N3O2/c1-3-12(2)7-8-6-9(13(14)15)4-5-10(8)11/h4-6H,3,7,11H2,1-2H3. The molecule has 0 atom stereocenters. The third-order valence-electron chi connectivity index (χ3n) is 2.32. The van der Waals surface area contributed by atoms with Gasteiger partial charge in [-0.25, -0.2) is 0 Å². The Bertz CT molecular complexity index is 366. The number of nitrogens with zero attached hydrogens (tertiary/aromatic N) is 2. The van der Waals surface area contributed by atoms with Gasteiger partial charge >= 0.3 is 0 Å². The highest BCUT2D eigenvalue weighted by atomic mass is 16.6. The molecule has 0 amide bonds. The molecule has 0 spiro atoms. The molecule has 0 radical (unpaired) electrons. The first-order valence-corrected chi connectivity index (χ1v) is 4.76. The molecule has 1 aromatic rings. The summed E-state index contributed by atoms with van der Waals surface area (Å²) in [6.45, 7) is 3.53. The fraction of sp³-hybridized carbons (Fsp3) is 0.400. The van der Waals surface area contributed by atoms with E-state index < -0.39 is 4.92 Å². The average Bonchev–Trinajstić information content (AvgIpc) is 2.20. The van der Waals surface area contributed by atoms with Gasteiger partial charge in [0, 0.05) is 24.4 Å². The van der Waals surface area contributed by atoms with E-state index in [4.69, 9.17) is 5.73 Å². The second-order valence-corrected chi connectivity index (χ2v) is 3.47. The van der Waals surface area contributed by atoms with Crippen LogP contribution in [0.5, 0.6) is 0 Å². The molecular formula is C10H15N3O2. The Morgan fingerprint density at radius 3 is 2.73 bits per heavy atom. The number of nitro benzene ring substituents is 1. The Labute approximate surface area is 88.6 Å². The van der Waals surface area contributed by atoms with Gasteiger partial charge in [0.1, 0.15) is 0 Å². The molecule has 5 heteroatoms. The third-order valence-corrected chi connectivity index (χ3v) is 2.32. The lowest BCUT2D eigenvalue weighted by Gasteiger charge is -2.14. The van der Waals surface area contributed by atoms with Crippen LogP contribution in [-0.2, 0) is 6.54 Å². The van der Waals surface area contributed by atoms with Crippen LogP contribution in [0.2, 0.25) is 0 Å². The van der Waals surface area contributed by atoms with Gasteiger partial charge in [-0.05, 0) is 25.2 Å². The monoisotopic (exact) mass is 209 g/mol. The molecule has 2 N–H and O–H groups in total. The fourth-order valence-corrected chi connectivity index (χ4v) is 1.25. The molecule has 82 valence electrons. The smallest absolute Gasteiger partial charge is 0.269 e. The number of nitro groups is 1. The zero-order chi connectivity index (χ0) is 11.4. The van der Waals surface area contributed by atoms with Crippen LogP contribution in [0, 0.1) is 10.1 Å². The maximum absolute atomic E-state index is 10.6. The van der Waals surface area contributed by atoms with E-state index >= 15 is 0 Å². The minimum absolute atomic E-state index is 0.0868. The van der Waals surface area contributed by atoms with Gasteiger partial charge in [-0.15, -0.1) is 0 Å². The summed E-state index contributed by atoms with van der Waals surface area (Å²) in [5.74, 6) is 0. The van der Waals surface area contributed by atoms with Crippen LogP contribution in [-0.4, -0.2) is 23.4 Å². The second-order valence-electron chi connectivity index (χ2n) is 3.47. The van der Waals surface area contributed by atoms with Crippen molar-refractivity contribution in [3.63, 3.8) is 0 Å². The van der Waals surface area contributed by atoms with E-state index in [2.05, 4.69) is 0 Å². The van der Waals surface area contributed by atoms with E-state index in [1.807, 2.05) is 18.9 Å². The van der Waals surface area contributed by atoms with Gasteiger partial charge in [0.15, 0.2) is 0 Å². The first kappa shape index (κ1) is 11.5. The zero-order valence-electron chi connectivity index (χ0n) is 8.93. The highest BCUT2D eigenvalue weighted by Gasteiger charge is 2.09. The minimum atomic E-state index is -0.408. The van der Waals surface area contributed by atoms with Gasteiger partial charge in [-0.1, -0.05) is 6.92 Å². The van der Waals surface area contributed by atoms with Crippen molar-refractivity contribution in [3.05, 3.63) is 33.9 Å². The predicted octanol–water partition coefficient (Wildman–Crippen LogP) is 1.63.